The van der Waals surface area contributed by atoms with Crippen molar-refractivity contribution in [2.45, 2.75) is 25.5 Å². The smallest absolute Gasteiger partial charge is 0.408 e. The molecular weight excluding hydrogens is 404 g/mol. The topological polar surface area (TPSA) is 178 Å². The SMILES string of the molecule is NC(N)=NCCC[C@@H](NC(=O)OCc1ccccc1)C(=O)Nc1ccc(N([O-])O)cc1. The molecule has 0 aliphatic carbocycles. The van der Waals surface area contributed by atoms with Crippen LogP contribution >= 0.6 is 0 Å². The number of nitrogens with two attached hydrogens (primary N) is 2. The summed E-state index contributed by atoms with van der Waals surface area (Å²) in [5.41, 5.74) is 11.8. The van der Waals surface area contributed by atoms with Gasteiger partial charge < -0.3 is 37.3 Å². The van der Waals surface area contributed by atoms with Crippen LogP contribution < -0.4 is 27.3 Å². The summed E-state index contributed by atoms with van der Waals surface area (Å²) in [4.78, 5) is 28.7. The van der Waals surface area contributed by atoms with E-state index in [4.69, 9.17) is 21.4 Å². The molecule has 0 heterocycles. The molecule has 0 aromatic heterocycles. The van der Waals surface area contributed by atoms with Crippen molar-refractivity contribution in [2.75, 3.05) is 17.1 Å². The fourth-order valence-corrected chi connectivity index (χ4v) is 2.58. The van der Waals surface area contributed by atoms with Crippen molar-refractivity contribution < 1.29 is 19.5 Å². The second-order valence-electron chi connectivity index (χ2n) is 6.52. The van der Waals surface area contributed by atoms with E-state index in [1.165, 1.54) is 24.3 Å². The van der Waals surface area contributed by atoms with Gasteiger partial charge in [-0.05, 0) is 42.7 Å². The molecular formula is C20H25N6O5-. The van der Waals surface area contributed by atoms with E-state index in [9.17, 15) is 14.8 Å². The molecule has 7 N–H and O–H groups in total. The summed E-state index contributed by atoms with van der Waals surface area (Å²) in [7, 11) is 0. The molecule has 0 saturated heterocycles. The van der Waals surface area contributed by atoms with E-state index < -0.39 is 18.0 Å². The fourth-order valence-electron chi connectivity index (χ4n) is 2.58. The largest absolute Gasteiger partial charge is 0.733 e. The molecule has 2 aromatic rings. The van der Waals surface area contributed by atoms with Crippen LogP contribution in [0.4, 0.5) is 16.2 Å². The van der Waals surface area contributed by atoms with E-state index in [0.29, 0.717) is 12.1 Å². The first-order valence-electron chi connectivity index (χ1n) is 9.45. The molecule has 11 nitrogen and oxygen atoms in total. The Morgan fingerprint density at radius 2 is 1.81 bits per heavy atom. The number of nitrogens with zero attached hydrogens (tertiary/aromatic N) is 2. The highest BCUT2D eigenvalue weighted by atomic mass is 16.8. The molecule has 0 radical (unpaired) electrons. The van der Waals surface area contributed by atoms with E-state index in [1.54, 1.807) is 0 Å². The average Bonchev–Trinajstić information content (AvgIpc) is 2.75. The number of carbonyl (C=O) groups excluding carboxylic acids is 2. The number of hydrogen-bond donors (Lipinski definition) is 5. The number of anilines is 2. The summed E-state index contributed by atoms with van der Waals surface area (Å²) >= 11 is 0. The lowest BCUT2D eigenvalue weighted by atomic mass is 10.1. The number of amides is 2. The van der Waals surface area contributed by atoms with Crippen LogP contribution in [0, 0.1) is 5.21 Å². The van der Waals surface area contributed by atoms with Gasteiger partial charge in [-0.3, -0.25) is 15.0 Å². The van der Waals surface area contributed by atoms with E-state index in [1.807, 2.05) is 30.3 Å². The second kappa shape index (κ2) is 12.0. The van der Waals surface area contributed by atoms with Crippen molar-refractivity contribution in [1.82, 2.24) is 5.32 Å². The van der Waals surface area contributed by atoms with E-state index in [-0.39, 0.29) is 36.4 Å². The van der Waals surface area contributed by atoms with Crippen LogP contribution in [0.25, 0.3) is 0 Å². The predicted octanol–water partition coefficient (Wildman–Crippen LogP) is 1.67. The van der Waals surface area contributed by atoms with Gasteiger partial charge in [-0.25, -0.2) is 4.79 Å². The zero-order chi connectivity index (χ0) is 22.6. The van der Waals surface area contributed by atoms with Crippen LogP contribution in [0.1, 0.15) is 18.4 Å². The Labute approximate surface area is 179 Å². The number of guanidine groups is 1. The highest BCUT2D eigenvalue weighted by molar-refractivity contribution is 5.96. The molecule has 0 aliphatic rings. The average molecular weight is 429 g/mol. The number of hydrogen-bond acceptors (Lipinski definition) is 7. The number of nitrogens with one attached hydrogen (secondary N) is 2. The summed E-state index contributed by atoms with van der Waals surface area (Å²) in [6.45, 7) is 0.348. The first kappa shape index (κ1) is 23.4. The maximum atomic E-state index is 12.7. The molecule has 0 unspecified atom stereocenters. The number of carbonyl (C=O) groups is 2. The summed E-state index contributed by atoms with van der Waals surface area (Å²) in [5.74, 6) is -0.551. The van der Waals surface area contributed by atoms with Crippen LogP contribution in [0.15, 0.2) is 59.6 Å². The molecule has 1 atom stereocenters. The third-order valence-corrected chi connectivity index (χ3v) is 4.12. The standard InChI is InChI=1S/C20H25N6O5/c21-19(22)23-12-4-7-17(25-20(28)31-13-14-5-2-1-3-6-14)18(27)24-15-8-10-16(11-9-15)26(29)30/h1-3,5-6,8-11,17,29H,4,7,12-13H2,(H,24,27)(H,25,28)(H4,21,22,23)/q-1/t17-/m1/s1. The van der Waals surface area contributed by atoms with E-state index >= 15 is 0 Å². The van der Waals surface area contributed by atoms with E-state index in [2.05, 4.69) is 15.6 Å². The van der Waals surface area contributed by atoms with Gasteiger partial charge in [0.1, 0.15) is 12.6 Å². The lowest BCUT2D eigenvalue weighted by molar-refractivity contribution is -0.118. The third-order valence-electron chi connectivity index (χ3n) is 4.12. The Balaban J connectivity index is 1.97. The van der Waals surface area contributed by atoms with Crippen LogP contribution in [0.5, 0.6) is 0 Å². The van der Waals surface area contributed by atoms with Crippen LogP contribution in [0.3, 0.4) is 0 Å². The normalized spacial score (nSPS) is 11.2. The molecule has 11 heteroatoms. The van der Waals surface area contributed by atoms with Gasteiger partial charge in [-0.15, -0.1) is 0 Å². The van der Waals surface area contributed by atoms with Crippen molar-refractivity contribution in [3.05, 3.63) is 65.4 Å². The number of aliphatic imine (C=N–C) groups is 1. The Bertz CT molecular complexity index is 869. The van der Waals surface area contributed by atoms with Gasteiger partial charge in [-0.1, -0.05) is 30.3 Å². The molecule has 0 aliphatic heterocycles. The number of ether oxygens (including phenoxy) is 1. The zero-order valence-electron chi connectivity index (χ0n) is 16.7. The minimum atomic E-state index is -0.911. The lowest BCUT2D eigenvalue weighted by Crippen LogP contribution is -2.44. The van der Waals surface area contributed by atoms with Gasteiger partial charge in [0.25, 0.3) is 0 Å². The van der Waals surface area contributed by atoms with Gasteiger partial charge in [0.2, 0.25) is 5.91 Å². The number of rotatable bonds is 10. The Morgan fingerprint density at radius 3 is 2.42 bits per heavy atom. The summed E-state index contributed by atoms with van der Waals surface area (Å²) in [6, 6.07) is 13.8. The van der Waals surface area contributed by atoms with Crippen molar-refractivity contribution in [3.8, 4) is 0 Å². The molecule has 0 spiro atoms. The molecule has 166 valence electrons. The predicted molar refractivity (Wildman–Crippen MR) is 116 cm³/mol. The van der Waals surface area contributed by atoms with E-state index in [0.717, 1.165) is 5.56 Å². The number of alkyl carbamates (subject to hydrolysis) is 1. The molecule has 0 saturated carbocycles. The highest BCUT2D eigenvalue weighted by Gasteiger charge is 2.21. The lowest BCUT2D eigenvalue weighted by Gasteiger charge is -2.22. The third kappa shape index (κ3) is 8.60. The first-order valence-corrected chi connectivity index (χ1v) is 9.45. The van der Waals surface area contributed by atoms with Crippen LogP contribution in [0.2, 0.25) is 0 Å². The van der Waals surface area contributed by atoms with Gasteiger partial charge >= 0.3 is 6.09 Å². The quantitative estimate of drug-likeness (QED) is 0.164. The van der Waals surface area contributed by atoms with Crippen LogP contribution in [-0.2, 0) is 16.1 Å². The zero-order valence-corrected chi connectivity index (χ0v) is 16.7. The summed E-state index contributed by atoms with van der Waals surface area (Å²) in [5, 5.41) is 24.6. The second-order valence-corrected chi connectivity index (χ2v) is 6.52. The first-order chi connectivity index (χ1) is 14.8. The molecule has 0 bridgehead atoms. The molecule has 2 aromatic carbocycles. The number of benzene rings is 2. The molecule has 2 rings (SSSR count). The van der Waals surface area contributed by atoms with Crippen molar-refractivity contribution in [3.63, 3.8) is 0 Å². The maximum Gasteiger partial charge on any atom is 0.408 e. The highest BCUT2D eigenvalue weighted by Crippen LogP contribution is 2.16. The Hall–Kier alpha value is -3.83. The van der Waals surface area contributed by atoms with Gasteiger partial charge in [0.05, 0.1) is 5.69 Å². The summed E-state index contributed by atoms with van der Waals surface area (Å²) < 4.78 is 5.18. The summed E-state index contributed by atoms with van der Waals surface area (Å²) in [6.07, 6.45) is -0.0567. The Kier molecular flexibility index (Phi) is 9.08. The monoisotopic (exact) mass is 429 g/mol. The van der Waals surface area contributed by atoms with Gasteiger partial charge in [-0.2, -0.15) is 0 Å². The van der Waals surface area contributed by atoms with Crippen molar-refractivity contribution in [1.29, 1.82) is 0 Å². The fraction of sp³-hybridized carbons (Fsp3) is 0.250. The minimum Gasteiger partial charge on any atom is -0.733 e. The molecule has 0 fully saturated rings. The molecule has 2 amide bonds. The van der Waals surface area contributed by atoms with Crippen molar-refractivity contribution in [2.24, 2.45) is 16.5 Å². The van der Waals surface area contributed by atoms with Crippen molar-refractivity contribution >= 4 is 29.3 Å². The van der Waals surface area contributed by atoms with Crippen LogP contribution in [-0.4, -0.2) is 35.8 Å². The minimum absolute atomic E-state index is 0.00870. The van der Waals surface area contributed by atoms with Gasteiger partial charge in [0.15, 0.2) is 5.96 Å². The Morgan fingerprint density at radius 1 is 1.13 bits per heavy atom. The molecule has 31 heavy (non-hydrogen) atoms. The van der Waals surface area contributed by atoms with Gasteiger partial charge in [0, 0.05) is 12.2 Å². The maximum absolute atomic E-state index is 12.7.